The van der Waals surface area contributed by atoms with E-state index in [-0.39, 0.29) is 5.91 Å². The quantitative estimate of drug-likeness (QED) is 0.830. The van der Waals surface area contributed by atoms with Crippen molar-refractivity contribution < 1.29 is 4.79 Å². The van der Waals surface area contributed by atoms with E-state index in [0.29, 0.717) is 12.1 Å². The third kappa shape index (κ3) is 3.95. The van der Waals surface area contributed by atoms with Crippen LogP contribution in [0, 0.1) is 25.7 Å². The van der Waals surface area contributed by atoms with E-state index in [1.54, 1.807) is 12.1 Å². The molecule has 0 aliphatic heterocycles. The van der Waals surface area contributed by atoms with Crippen molar-refractivity contribution in [2.45, 2.75) is 13.8 Å². The lowest BCUT2D eigenvalue weighted by atomic mass is 10.1. The molecular weight excluding hydrogens is 260 g/mol. The van der Waals surface area contributed by atoms with Crippen LogP contribution >= 0.6 is 0 Å². The molecule has 0 fully saturated rings. The molecule has 0 heterocycles. The first kappa shape index (κ1) is 14.8. The van der Waals surface area contributed by atoms with Crippen molar-refractivity contribution in [3.63, 3.8) is 0 Å². The highest BCUT2D eigenvalue weighted by molar-refractivity contribution is 6.04. The molecule has 0 spiro atoms. The van der Waals surface area contributed by atoms with Gasteiger partial charge in [0.2, 0.25) is 0 Å². The Labute approximate surface area is 125 Å². The smallest absolute Gasteiger partial charge is 0.255 e. The van der Waals surface area contributed by atoms with Gasteiger partial charge < -0.3 is 11.1 Å². The van der Waals surface area contributed by atoms with E-state index in [4.69, 9.17) is 5.73 Å². The molecule has 0 unspecified atom stereocenters. The van der Waals surface area contributed by atoms with Gasteiger partial charge in [0.1, 0.15) is 0 Å². The molecule has 0 atom stereocenters. The number of aryl methyl sites for hydroxylation is 2. The summed E-state index contributed by atoms with van der Waals surface area (Å²) in [6.07, 6.45) is 0. The molecule has 1 amide bonds. The van der Waals surface area contributed by atoms with Gasteiger partial charge in [-0.2, -0.15) is 0 Å². The predicted octanol–water partition coefficient (Wildman–Crippen LogP) is 2.87. The van der Waals surface area contributed by atoms with E-state index in [0.717, 1.165) is 16.8 Å². The molecule has 0 radical (unpaired) electrons. The highest BCUT2D eigenvalue weighted by Crippen LogP contribution is 2.15. The zero-order valence-electron chi connectivity index (χ0n) is 12.2. The maximum absolute atomic E-state index is 12.3. The summed E-state index contributed by atoms with van der Waals surface area (Å²) in [4.78, 5) is 12.3. The van der Waals surface area contributed by atoms with Crippen LogP contribution < -0.4 is 11.1 Å². The molecule has 2 aromatic carbocycles. The zero-order valence-corrected chi connectivity index (χ0v) is 12.2. The molecule has 2 aromatic rings. The Kier molecular flexibility index (Phi) is 4.76. The summed E-state index contributed by atoms with van der Waals surface area (Å²) in [5.41, 5.74) is 9.86. The van der Waals surface area contributed by atoms with Crippen molar-refractivity contribution in [1.82, 2.24) is 0 Å². The fourth-order valence-electron chi connectivity index (χ4n) is 1.91. The molecule has 0 aromatic heterocycles. The summed E-state index contributed by atoms with van der Waals surface area (Å²) in [6.45, 7) is 4.37. The Bertz CT molecular complexity index is 723. The summed E-state index contributed by atoms with van der Waals surface area (Å²) in [7, 11) is 0. The normalized spacial score (nSPS) is 9.67. The fraction of sp³-hybridized carbons (Fsp3) is 0.167. The third-order valence-electron chi connectivity index (χ3n) is 3.22. The van der Waals surface area contributed by atoms with Crippen molar-refractivity contribution >= 4 is 11.6 Å². The van der Waals surface area contributed by atoms with Gasteiger partial charge in [-0.3, -0.25) is 4.79 Å². The topological polar surface area (TPSA) is 55.1 Å². The molecule has 0 saturated carbocycles. The van der Waals surface area contributed by atoms with Crippen LogP contribution in [0.1, 0.15) is 27.0 Å². The molecule has 3 N–H and O–H groups in total. The second kappa shape index (κ2) is 6.74. The van der Waals surface area contributed by atoms with Crippen molar-refractivity contribution in [1.29, 1.82) is 0 Å². The molecule has 0 saturated heterocycles. The Morgan fingerprint density at radius 1 is 1.14 bits per heavy atom. The lowest BCUT2D eigenvalue weighted by Crippen LogP contribution is -2.12. The van der Waals surface area contributed by atoms with Gasteiger partial charge in [0.15, 0.2) is 0 Å². The Balaban J connectivity index is 2.18. The van der Waals surface area contributed by atoms with Crippen molar-refractivity contribution in [3.8, 4) is 11.8 Å². The number of hydrogen-bond donors (Lipinski definition) is 2. The second-order valence-corrected chi connectivity index (χ2v) is 4.84. The number of anilines is 1. The molecule has 106 valence electrons. The van der Waals surface area contributed by atoms with Crippen LogP contribution in [0.2, 0.25) is 0 Å². The minimum atomic E-state index is -0.144. The average molecular weight is 278 g/mol. The summed E-state index contributed by atoms with van der Waals surface area (Å²) >= 11 is 0. The second-order valence-electron chi connectivity index (χ2n) is 4.84. The fourth-order valence-corrected chi connectivity index (χ4v) is 1.91. The highest BCUT2D eigenvalue weighted by atomic mass is 16.1. The number of benzene rings is 2. The van der Waals surface area contributed by atoms with Crippen LogP contribution in [0.3, 0.4) is 0 Å². The molecule has 0 aliphatic carbocycles. The predicted molar refractivity (Wildman–Crippen MR) is 86.2 cm³/mol. The number of carbonyl (C=O) groups excluding carboxylic acids is 1. The van der Waals surface area contributed by atoms with Gasteiger partial charge in [0.05, 0.1) is 6.54 Å². The molecular formula is C18H18N2O. The summed E-state index contributed by atoms with van der Waals surface area (Å²) in [5.74, 6) is 5.56. The Morgan fingerprint density at radius 3 is 2.67 bits per heavy atom. The number of amides is 1. The van der Waals surface area contributed by atoms with Gasteiger partial charge >= 0.3 is 0 Å². The maximum atomic E-state index is 12.3. The molecule has 3 heteroatoms. The monoisotopic (exact) mass is 278 g/mol. The number of nitrogens with one attached hydrogen (secondary N) is 1. The standard InChI is InChI=1S/C18H18N2O/c1-13-8-9-17(11-14(13)2)20-18(21)16-7-3-5-15(12-16)6-4-10-19/h3,5,7-9,11-12H,10,19H2,1-2H3,(H,20,21). The highest BCUT2D eigenvalue weighted by Gasteiger charge is 2.06. The molecule has 0 aliphatic rings. The minimum Gasteiger partial charge on any atom is -0.322 e. The number of hydrogen-bond acceptors (Lipinski definition) is 2. The zero-order chi connectivity index (χ0) is 15.2. The van der Waals surface area contributed by atoms with E-state index in [9.17, 15) is 4.79 Å². The van der Waals surface area contributed by atoms with E-state index in [1.807, 2.05) is 44.2 Å². The van der Waals surface area contributed by atoms with Crippen molar-refractivity contribution in [2.24, 2.45) is 5.73 Å². The van der Waals surface area contributed by atoms with Crippen LogP contribution in [-0.2, 0) is 0 Å². The molecule has 3 nitrogen and oxygen atoms in total. The van der Waals surface area contributed by atoms with E-state index < -0.39 is 0 Å². The molecule has 2 rings (SSSR count). The van der Waals surface area contributed by atoms with Gasteiger partial charge in [-0.25, -0.2) is 0 Å². The maximum Gasteiger partial charge on any atom is 0.255 e. The lowest BCUT2D eigenvalue weighted by molar-refractivity contribution is 0.102. The summed E-state index contributed by atoms with van der Waals surface area (Å²) in [5, 5.41) is 2.90. The lowest BCUT2D eigenvalue weighted by Gasteiger charge is -2.08. The van der Waals surface area contributed by atoms with Crippen LogP contribution in [0.15, 0.2) is 42.5 Å². The number of nitrogens with two attached hydrogens (primary N) is 1. The van der Waals surface area contributed by atoms with Crippen LogP contribution in [0.5, 0.6) is 0 Å². The van der Waals surface area contributed by atoms with E-state index in [1.165, 1.54) is 5.56 Å². The van der Waals surface area contributed by atoms with Gasteiger partial charge in [-0.1, -0.05) is 24.0 Å². The van der Waals surface area contributed by atoms with Gasteiger partial charge in [-0.15, -0.1) is 0 Å². The van der Waals surface area contributed by atoms with Crippen molar-refractivity contribution in [3.05, 3.63) is 64.7 Å². The largest absolute Gasteiger partial charge is 0.322 e. The first-order chi connectivity index (χ1) is 10.1. The molecule has 0 bridgehead atoms. The average Bonchev–Trinajstić information content (AvgIpc) is 2.49. The molecule has 21 heavy (non-hydrogen) atoms. The van der Waals surface area contributed by atoms with Crippen LogP contribution in [0.25, 0.3) is 0 Å². The number of rotatable bonds is 2. The van der Waals surface area contributed by atoms with Crippen molar-refractivity contribution in [2.75, 3.05) is 11.9 Å². The summed E-state index contributed by atoms with van der Waals surface area (Å²) in [6, 6.07) is 13.1. The summed E-state index contributed by atoms with van der Waals surface area (Å²) < 4.78 is 0. The van der Waals surface area contributed by atoms with Gasteiger partial charge in [0, 0.05) is 16.8 Å². The SMILES string of the molecule is Cc1ccc(NC(=O)c2cccc(C#CCN)c2)cc1C. The first-order valence-corrected chi connectivity index (χ1v) is 6.78. The van der Waals surface area contributed by atoms with Gasteiger partial charge in [0.25, 0.3) is 5.91 Å². The van der Waals surface area contributed by atoms with Crippen LogP contribution in [-0.4, -0.2) is 12.5 Å². The van der Waals surface area contributed by atoms with E-state index >= 15 is 0 Å². The Hall–Kier alpha value is -2.57. The van der Waals surface area contributed by atoms with Gasteiger partial charge in [-0.05, 0) is 55.3 Å². The van der Waals surface area contributed by atoms with E-state index in [2.05, 4.69) is 17.2 Å². The first-order valence-electron chi connectivity index (χ1n) is 6.78. The third-order valence-corrected chi connectivity index (χ3v) is 3.22. The van der Waals surface area contributed by atoms with Crippen LogP contribution in [0.4, 0.5) is 5.69 Å². The Morgan fingerprint density at radius 2 is 1.95 bits per heavy atom. The number of carbonyl (C=O) groups is 1. The minimum absolute atomic E-state index is 0.144.